The van der Waals surface area contributed by atoms with Crippen LogP contribution in [-0.4, -0.2) is 19.8 Å². The van der Waals surface area contributed by atoms with Crippen molar-refractivity contribution in [2.24, 2.45) is 0 Å². The Balaban J connectivity index is 2.64. The summed E-state index contributed by atoms with van der Waals surface area (Å²) in [5.41, 5.74) is 4.50. The molecule has 0 atom stereocenters. The molecule has 150 valence electrons. The van der Waals surface area contributed by atoms with Gasteiger partial charge in [0.1, 0.15) is 0 Å². The first kappa shape index (κ1) is 22.9. The monoisotopic (exact) mass is 372 g/mol. The van der Waals surface area contributed by atoms with E-state index in [9.17, 15) is 0 Å². The first-order valence-electron chi connectivity index (χ1n) is 10.1. The fourth-order valence-corrected chi connectivity index (χ4v) is 3.22. The second-order valence-electron chi connectivity index (χ2n) is 6.54. The second kappa shape index (κ2) is 16.0. The summed E-state index contributed by atoms with van der Waals surface area (Å²) in [6.45, 7) is 13.0. The van der Waals surface area contributed by atoms with E-state index in [0.717, 1.165) is 77.6 Å². The molecule has 0 unspecified atom stereocenters. The molecule has 0 fully saturated rings. The molecule has 27 heavy (non-hydrogen) atoms. The van der Waals surface area contributed by atoms with Gasteiger partial charge in [-0.3, -0.25) is 0 Å². The van der Waals surface area contributed by atoms with Crippen LogP contribution in [0.1, 0.15) is 55.2 Å². The second-order valence-corrected chi connectivity index (χ2v) is 6.54. The largest absolute Gasteiger partial charge is 0.502 e. The van der Waals surface area contributed by atoms with Gasteiger partial charge in [0, 0.05) is 0 Å². The summed E-state index contributed by atoms with van der Waals surface area (Å²) in [6, 6.07) is 6.78. The lowest BCUT2D eigenvalue weighted by atomic mass is 9.91. The van der Waals surface area contributed by atoms with Crippen LogP contribution in [0.2, 0.25) is 0 Å². The molecule has 3 heteroatoms. The zero-order valence-electron chi connectivity index (χ0n) is 16.8. The lowest BCUT2D eigenvalue weighted by Gasteiger charge is -2.15. The molecule has 3 nitrogen and oxygen atoms in total. The van der Waals surface area contributed by atoms with E-state index in [1.165, 1.54) is 35.5 Å². The van der Waals surface area contributed by atoms with Gasteiger partial charge >= 0.3 is 0 Å². The van der Waals surface area contributed by atoms with Gasteiger partial charge < -0.3 is 14.2 Å². The first-order chi connectivity index (χ1) is 13.3. The highest BCUT2D eigenvalue weighted by atomic mass is 16.5. The Morgan fingerprint density at radius 3 is 1.41 bits per heavy atom. The summed E-state index contributed by atoms with van der Waals surface area (Å²) in [7, 11) is 0. The Labute approximate surface area is 165 Å². The van der Waals surface area contributed by atoms with Gasteiger partial charge in [0.15, 0.2) is 0 Å². The van der Waals surface area contributed by atoms with E-state index in [0.29, 0.717) is 0 Å². The number of rotatable bonds is 18. The minimum absolute atomic E-state index is 0.749. The minimum Gasteiger partial charge on any atom is -0.502 e. The fourth-order valence-electron chi connectivity index (χ4n) is 3.22. The van der Waals surface area contributed by atoms with E-state index in [4.69, 9.17) is 14.2 Å². The quantitative estimate of drug-likeness (QED) is 0.229. The van der Waals surface area contributed by atoms with Gasteiger partial charge in [0.05, 0.1) is 38.6 Å². The van der Waals surface area contributed by atoms with Crippen molar-refractivity contribution >= 4 is 0 Å². The van der Waals surface area contributed by atoms with Crippen LogP contribution < -0.4 is 0 Å². The summed E-state index contributed by atoms with van der Waals surface area (Å²) in [4.78, 5) is 0. The third-order valence-electron chi connectivity index (χ3n) is 4.58. The number of benzene rings is 1. The number of ether oxygens (including phenoxy) is 3. The average molecular weight is 373 g/mol. The van der Waals surface area contributed by atoms with Crippen molar-refractivity contribution in [2.45, 2.75) is 57.8 Å². The van der Waals surface area contributed by atoms with Crippen LogP contribution in [0.15, 0.2) is 56.7 Å². The standard InChI is InChI=1S/C24H36O3/c1-4-25-19-10-7-14-22-16-13-17-23(15-8-11-20-26-5-2)24(22)18-9-12-21-27-6-3/h4-6,13,16-17H,1-3,7-12,14-15,18-21H2. The van der Waals surface area contributed by atoms with Crippen molar-refractivity contribution in [1.29, 1.82) is 0 Å². The summed E-state index contributed by atoms with van der Waals surface area (Å²) >= 11 is 0. The van der Waals surface area contributed by atoms with E-state index >= 15 is 0 Å². The maximum atomic E-state index is 5.26. The normalized spacial score (nSPS) is 10.2. The first-order valence-corrected chi connectivity index (χ1v) is 10.1. The van der Waals surface area contributed by atoms with Crippen molar-refractivity contribution in [2.75, 3.05) is 19.8 Å². The highest BCUT2D eigenvalue weighted by molar-refractivity contribution is 5.36. The number of aryl methyl sites for hydroxylation is 2. The van der Waals surface area contributed by atoms with Gasteiger partial charge in [-0.05, 0) is 74.5 Å². The molecule has 1 rings (SSSR count). The minimum atomic E-state index is 0.749. The molecular formula is C24H36O3. The molecule has 0 spiro atoms. The van der Waals surface area contributed by atoms with Crippen LogP contribution in [0.25, 0.3) is 0 Å². The summed E-state index contributed by atoms with van der Waals surface area (Å²) < 4.78 is 15.7. The number of hydrogen-bond donors (Lipinski definition) is 0. The van der Waals surface area contributed by atoms with Gasteiger partial charge in [0.2, 0.25) is 0 Å². The lowest BCUT2D eigenvalue weighted by molar-refractivity contribution is 0.242. The molecule has 1 aromatic rings. The Hall–Kier alpha value is -2.16. The van der Waals surface area contributed by atoms with E-state index in [-0.39, 0.29) is 0 Å². The molecular weight excluding hydrogens is 336 g/mol. The van der Waals surface area contributed by atoms with E-state index < -0.39 is 0 Å². The van der Waals surface area contributed by atoms with Gasteiger partial charge in [-0.25, -0.2) is 0 Å². The molecule has 1 aromatic carbocycles. The maximum absolute atomic E-state index is 5.26. The molecule has 0 aliphatic heterocycles. The SMILES string of the molecule is C=COCCCCc1cccc(CCCCOC=C)c1CCCCOC=C. The molecule has 0 aliphatic rings. The highest BCUT2D eigenvalue weighted by Gasteiger charge is 2.09. The fraction of sp³-hybridized carbons (Fsp3) is 0.500. The zero-order valence-corrected chi connectivity index (χ0v) is 16.8. The van der Waals surface area contributed by atoms with Gasteiger partial charge in [-0.2, -0.15) is 0 Å². The van der Waals surface area contributed by atoms with Crippen LogP contribution in [0.3, 0.4) is 0 Å². The molecule has 0 saturated heterocycles. The molecule has 0 heterocycles. The zero-order chi connectivity index (χ0) is 19.6. The van der Waals surface area contributed by atoms with E-state index in [2.05, 4.69) is 37.9 Å². The van der Waals surface area contributed by atoms with Gasteiger partial charge in [-0.15, -0.1) is 0 Å². The van der Waals surface area contributed by atoms with Crippen molar-refractivity contribution in [3.05, 3.63) is 73.4 Å². The Morgan fingerprint density at radius 1 is 0.593 bits per heavy atom. The Kier molecular flexibility index (Phi) is 13.6. The van der Waals surface area contributed by atoms with Crippen LogP contribution >= 0.6 is 0 Å². The van der Waals surface area contributed by atoms with Crippen molar-refractivity contribution in [1.82, 2.24) is 0 Å². The highest BCUT2D eigenvalue weighted by Crippen LogP contribution is 2.22. The smallest absolute Gasteiger partial charge is 0.0873 e. The molecule has 0 aliphatic carbocycles. The molecule has 0 aromatic heterocycles. The summed E-state index contributed by atoms with van der Waals surface area (Å²) in [5, 5.41) is 0. The predicted molar refractivity (Wildman–Crippen MR) is 114 cm³/mol. The number of unbranched alkanes of at least 4 members (excludes halogenated alkanes) is 3. The third-order valence-corrected chi connectivity index (χ3v) is 4.58. The summed E-state index contributed by atoms with van der Waals surface area (Å²) in [5.74, 6) is 0. The number of hydrogen-bond acceptors (Lipinski definition) is 3. The van der Waals surface area contributed by atoms with E-state index in [1.54, 1.807) is 0 Å². The molecule has 0 amide bonds. The predicted octanol–water partition coefficient (Wildman–Crippen LogP) is 6.14. The Morgan fingerprint density at radius 2 is 1.00 bits per heavy atom. The lowest BCUT2D eigenvalue weighted by Crippen LogP contribution is -2.03. The molecule has 0 radical (unpaired) electrons. The molecule has 0 saturated carbocycles. The van der Waals surface area contributed by atoms with Crippen molar-refractivity contribution in [3.8, 4) is 0 Å². The van der Waals surface area contributed by atoms with Gasteiger partial charge in [0.25, 0.3) is 0 Å². The van der Waals surface area contributed by atoms with Crippen LogP contribution in [0, 0.1) is 0 Å². The topological polar surface area (TPSA) is 27.7 Å². The van der Waals surface area contributed by atoms with Gasteiger partial charge in [-0.1, -0.05) is 37.9 Å². The summed E-state index contributed by atoms with van der Waals surface area (Å²) in [6.07, 6.45) is 14.5. The van der Waals surface area contributed by atoms with Crippen molar-refractivity contribution in [3.63, 3.8) is 0 Å². The Bertz CT molecular complexity index is 500. The van der Waals surface area contributed by atoms with E-state index in [1.807, 2.05) is 0 Å². The maximum Gasteiger partial charge on any atom is 0.0873 e. The van der Waals surface area contributed by atoms with Crippen LogP contribution in [0.5, 0.6) is 0 Å². The van der Waals surface area contributed by atoms with Crippen LogP contribution in [0.4, 0.5) is 0 Å². The van der Waals surface area contributed by atoms with Crippen molar-refractivity contribution < 1.29 is 14.2 Å². The molecule has 0 bridgehead atoms. The molecule has 0 N–H and O–H groups in total. The van der Waals surface area contributed by atoms with Crippen LogP contribution in [-0.2, 0) is 33.5 Å². The third kappa shape index (κ3) is 10.5. The average Bonchev–Trinajstić information content (AvgIpc) is 2.68.